The number of rotatable bonds is 3. The Morgan fingerprint density at radius 3 is 3.07 bits per heavy atom. The van der Waals surface area contributed by atoms with Gasteiger partial charge in [0.15, 0.2) is 0 Å². The zero-order chi connectivity index (χ0) is 9.97. The fourth-order valence-electron chi connectivity index (χ4n) is 1.54. The molecular formula is C8H14N4OS. The molecule has 3 N–H and O–H groups in total. The van der Waals surface area contributed by atoms with Gasteiger partial charge in [-0.05, 0) is 11.7 Å². The van der Waals surface area contributed by atoms with Crippen molar-refractivity contribution in [2.75, 3.05) is 11.5 Å². The molecule has 0 aromatic carbocycles. The molecule has 14 heavy (non-hydrogen) atoms. The van der Waals surface area contributed by atoms with Gasteiger partial charge in [-0.3, -0.25) is 4.98 Å². The second kappa shape index (κ2) is 4.18. The van der Waals surface area contributed by atoms with Crippen LogP contribution in [-0.2, 0) is 6.54 Å². The maximum Gasteiger partial charge on any atom is 0.340 e. The Bertz CT molecular complexity index is 347. The Kier molecular flexibility index (Phi) is 2.93. The van der Waals surface area contributed by atoms with E-state index >= 15 is 0 Å². The zero-order valence-electron chi connectivity index (χ0n) is 8.04. The van der Waals surface area contributed by atoms with E-state index in [1.54, 1.807) is 0 Å². The molecule has 2 rings (SSSR count). The average molecular weight is 214 g/mol. The van der Waals surface area contributed by atoms with Crippen LogP contribution in [0.15, 0.2) is 4.79 Å². The number of hydrogen-bond acceptors (Lipinski definition) is 4. The second-order valence-electron chi connectivity index (χ2n) is 3.63. The van der Waals surface area contributed by atoms with Crippen LogP contribution in [0.2, 0.25) is 0 Å². The molecule has 78 valence electrons. The van der Waals surface area contributed by atoms with Gasteiger partial charge in [0.1, 0.15) is 5.82 Å². The van der Waals surface area contributed by atoms with Crippen LogP contribution in [0.4, 0.5) is 0 Å². The summed E-state index contributed by atoms with van der Waals surface area (Å²) in [6.45, 7) is 2.87. The standard InChI is InChI=1S/C8H14N4OS/c1-5-3-14-4-6(5)9-2-7-10-8(13)12-11-7/h5-6,9H,2-4H2,1H3,(H2,10,11,12,13). The van der Waals surface area contributed by atoms with Crippen LogP contribution in [0.3, 0.4) is 0 Å². The number of nitrogens with zero attached hydrogens (tertiary/aromatic N) is 1. The van der Waals surface area contributed by atoms with E-state index < -0.39 is 0 Å². The predicted molar refractivity (Wildman–Crippen MR) is 56.3 cm³/mol. The molecule has 0 bridgehead atoms. The van der Waals surface area contributed by atoms with Crippen LogP contribution in [0.25, 0.3) is 0 Å². The van der Waals surface area contributed by atoms with Crippen molar-refractivity contribution in [2.45, 2.75) is 19.5 Å². The van der Waals surface area contributed by atoms with E-state index in [2.05, 4.69) is 27.4 Å². The van der Waals surface area contributed by atoms with Gasteiger partial charge in [0, 0.05) is 11.8 Å². The van der Waals surface area contributed by atoms with Gasteiger partial charge in [0.2, 0.25) is 0 Å². The number of nitrogens with one attached hydrogen (secondary N) is 3. The molecular weight excluding hydrogens is 200 g/mol. The Hall–Kier alpha value is -0.750. The van der Waals surface area contributed by atoms with Gasteiger partial charge in [-0.25, -0.2) is 9.89 Å². The lowest BCUT2D eigenvalue weighted by Crippen LogP contribution is -2.33. The molecule has 1 aliphatic rings. The van der Waals surface area contributed by atoms with Gasteiger partial charge >= 0.3 is 5.69 Å². The summed E-state index contributed by atoms with van der Waals surface area (Å²) in [5.41, 5.74) is -0.240. The first-order valence-electron chi connectivity index (χ1n) is 4.70. The summed E-state index contributed by atoms with van der Waals surface area (Å²) in [7, 11) is 0. The van der Waals surface area contributed by atoms with E-state index in [-0.39, 0.29) is 5.69 Å². The number of H-pyrrole nitrogens is 2. The molecule has 1 aromatic heterocycles. The van der Waals surface area contributed by atoms with Gasteiger partial charge in [-0.1, -0.05) is 6.92 Å². The molecule has 5 nitrogen and oxygen atoms in total. The molecule has 1 aliphatic heterocycles. The van der Waals surface area contributed by atoms with Crippen molar-refractivity contribution in [2.24, 2.45) is 5.92 Å². The third kappa shape index (κ3) is 2.19. The highest BCUT2D eigenvalue weighted by molar-refractivity contribution is 7.99. The van der Waals surface area contributed by atoms with Crippen molar-refractivity contribution in [3.05, 3.63) is 16.3 Å². The summed E-state index contributed by atoms with van der Waals surface area (Å²) in [6.07, 6.45) is 0. The number of aromatic nitrogens is 3. The van der Waals surface area contributed by atoms with Crippen LogP contribution in [0.5, 0.6) is 0 Å². The summed E-state index contributed by atoms with van der Waals surface area (Å²) in [6, 6.07) is 0.542. The van der Waals surface area contributed by atoms with E-state index in [0.29, 0.717) is 24.3 Å². The van der Waals surface area contributed by atoms with Gasteiger partial charge < -0.3 is 5.32 Å². The zero-order valence-corrected chi connectivity index (χ0v) is 8.86. The third-order valence-corrected chi connectivity index (χ3v) is 3.80. The van der Waals surface area contributed by atoms with Crippen LogP contribution >= 0.6 is 11.8 Å². The number of hydrogen-bond donors (Lipinski definition) is 3. The second-order valence-corrected chi connectivity index (χ2v) is 4.70. The largest absolute Gasteiger partial charge is 0.340 e. The highest BCUT2D eigenvalue weighted by Crippen LogP contribution is 2.23. The van der Waals surface area contributed by atoms with Crippen molar-refractivity contribution < 1.29 is 0 Å². The molecule has 1 saturated heterocycles. The molecule has 1 aromatic rings. The number of thioether (sulfide) groups is 1. The molecule has 0 spiro atoms. The Balaban J connectivity index is 1.85. The third-order valence-electron chi connectivity index (χ3n) is 2.45. The maximum absolute atomic E-state index is 10.7. The lowest BCUT2D eigenvalue weighted by Gasteiger charge is -2.14. The molecule has 0 amide bonds. The highest BCUT2D eigenvalue weighted by atomic mass is 32.2. The smallest absolute Gasteiger partial charge is 0.306 e. The van der Waals surface area contributed by atoms with E-state index in [1.807, 2.05) is 11.8 Å². The van der Waals surface area contributed by atoms with E-state index in [4.69, 9.17) is 0 Å². The fraction of sp³-hybridized carbons (Fsp3) is 0.750. The lowest BCUT2D eigenvalue weighted by molar-refractivity contribution is 0.448. The summed E-state index contributed by atoms with van der Waals surface area (Å²) in [4.78, 5) is 13.4. The van der Waals surface area contributed by atoms with Crippen molar-refractivity contribution >= 4 is 11.8 Å². The topological polar surface area (TPSA) is 73.6 Å². The summed E-state index contributed by atoms with van der Waals surface area (Å²) < 4.78 is 0. The minimum atomic E-state index is -0.240. The van der Waals surface area contributed by atoms with Gasteiger partial charge in [0.25, 0.3) is 0 Å². The minimum Gasteiger partial charge on any atom is -0.306 e. The van der Waals surface area contributed by atoms with E-state index in [9.17, 15) is 4.79 Å². The normalized spacial score (nSPS) is 26.9. The highest BCUT2D eigenvalue weighted by Gasteiger charge is 2.23. The van der Waals surface area contributed by atoms with E-state index in [0.717, 1.165) is 5.75 Å². The molecule has 0 saturated carbocycles. The molecule has 0 aliphatic carbocycles. The fourth-order valence-corrected chi connectivity index (χ4v) is 2.98. The van der Waals surface area contributed by atoms with Crippen molar-refractivity contribution in [3.8, 4) is 0 Å². The van der Waals surface area contributed by atoms with Gasteiger partial charge in [-0.2, -0.15) is 16.9 Å². The monoisotopic (exact) mass is 214 g/mol. The first-order chi connectivity index (χ1) is 6.75. The molecule has 2 atom stereocenters. The summed E-state index contributed by atoms with van der Waals surface area (Å²) >= 11 is 1.97. The Labute approximate surface area is 86.1 Å². The quantitative estimate of drug-likeness (QED) is 0.659. The molecule has 2 heterocycles. The Morgan fingerprint density at radius 1 is 1.64 bits per heavy atom. The van der Waals surface area contributed by atoms with Gasteiger partial charge in [-0.15, -0.1) is 0 Å². The average Bonchev–Trinajstić information content (AvgIpc) is 2.72. The minimum absolute atomic E-state index is 0.240. The van der Waals surface area contributed by atoms with Crippen LogP contribution < -0.4 is 11.0 Å². The SMILES string of the molecule is CC1CSCC1NCc1n[nH]c(=O)[nH]1. The molecule has 2 unspecified atom stereocenters. The van der Waals surface area contributed by atoms with E-state index in [1.165, 1.54) is 5.75 Å². The number of aromatic amines is 2. The van der Waals surface area contributed by atoms with Crippen LogP contribution in [0, 0.1) is 5.92 Å². The van der Waals surface area contributed by atoms with Crippen molar-refractivity contribution in [1.29, 1.82) is 0 Å². The maximum atomic E-state index is 10.7. The lowest BCUT2D eigenvalue weighted by atomic mass is 10.1. The molecule has 0 radical (unpaired) electrons. The first-order valence-corrected chi connectivity index (χ1v) is 5.86. The van der Waals surface area contributed by atoms with Gasteiger partial charge in [0.05, 0.1) is 6.54 Å². The van der Waals surface area contributed by atoms with Crippen molar-refractivity contribution in [1.82, 2.24) is 20.5 Å². The molecule has 6 heteroatoms. The van der Waals surface area contributed by atoms with Crippen molar-refractivity contribution in [3.63, 3.8) is 0 Å². The van der Waals surface area contributed by atoms with Crippen LogP contribution in [-0.4, -0.2) is 32.7 Å². The first kappa shape index (κ1) is 9.79. The summed E-state index contributed by atoms with van der Waals surface area (Å²) in [5.74, 6) is 3.75. The summed E-state index contributed by atoms with van der Waals surface area (Å²) in [5, 5.41) is 9.58. The Morgan fingerprint density at radius 2 is 2.50 bits per heavy atom. The van der Waals surface area contributed by atoms with Crippen LogP contribution in [0.1, 0.15) is 12.7 Å². The molecule has 1 fully saturated rings. The predicted octanol–water partition coefficient (Wildman–Crippen LogP) is -0.0609.